The third-order valence-electron chi connectivity index (χ3n) is 6.69. The summed E-state index contributed by atoms with van der Waals surface area (Å²) in [6.07, 6.45) is 2.94. The molecular weight excluding hydrogens is 444 g/mol. The lowest BCUT2D eigenvalue weighted by molar-refractivity contribution is -0.136. The average molecular weight is 469 g/mol. The molecule has 2 aromatic rings. The molecule has 2 aromatic carbocycles. The maximum Gasteiger partial charge on any atom is 0.275 e. The van der Waals surface area contributed by atoms with Crippen LogP contribution in [0.1, 0.15) is 29.9 Å². The van der Waals surface area contributed by atoms with Crippen LogP contribution in [0.4, 0.5) is 8.78 Å². The van der Waals surface area contributed by atoms with Crippen molar-refractivity contribution in [2.24, 2.45) is 5.10 Å². The average Bonchev–Trinajstić information content (AvgIpc) is 3.32. The molecule has 0 aromatic heterocycles. The van der Waals surface area contributed by atoms with Gasteiger partial charge >= 0.3 is 0 Å². The molecule has 5 rings (SSSR count). The van der Waals surface area contributed by atoms with Crippen LogP contribution in [0.5, 0.6) is 5.75 Å². The molecule has 3 heterocycles. The first kappa shape index (κ1) is 22.3. The summed E-state index contributed by atoms with van der Waals surface area (Å²) in [7, 11) is 1.54. The van der Waals surface area contributed by atoms with E-state index in [2.05, 4.69) is 5.10 Å². The predicted molar refractivity (Wildman–Crippen MR) is 121 cm³/mol. The van der Waals surface area contributed by atoms with Crippen molar-refractivity contribution in [1.82, 2.24) is 9.91 Å². The molecule has 7 nitrogen and oxygen atoms in total. The number of carbonyl (C=O) groups excluding carboxylic acids is 1. The Morgan fingerprint density at radius 1 is 1.24 bits per heavy atom. The van der Waals surface area contributed by atoms with E-state index in [-0.39, 0.29) is 42.2 Å². The number of halogens is 2. The molecule has 1 amide bonds. The van der Waals surface area contributed by atoms with Gasteiger partial charge < -0.3 is 19.5 Å². The molecule has 0 spiro atoms. The van der Waals surface area contributed by atoms with E-state index in [1.165, 1.54) is 24.4 Å². The lowest BCUT2D eigenvalue weighted by Crippen LogP contribution is -2.59. The van der Waals surface area contributed by atoms with Crippen LogP contribution in [0.25, 0.3) is 0 Å². The molecule has 34 heavy (non-hydrogen) atoms. The van der Waals surface area contributed by atoms with Gasteiger partial charge in [0, 0.05) is 18.0 Å². The quantitative estimate of drug-likeness (QED) is 0.741. The number of aliphatic hydroxyl groups is 1. The van der Waals surface area contributed by atoms with E-state index in [0.717, 1.165) is 12.5 Å². The van der Waals surface area contributed by atoms with Crippen molar-refractivity contribution in [1.29, 1.82) is 0 Å². The Morgan fingerprint density at radius 2 is 2.06 bits per heavy atom. The van der Waals surface area contributed by atoms with Gasteiger partial charge in [0.25, 0.3) is 5.91 Å². The summed E-state index contributed by atoms with van der Waals surface area (Å²) in [5, 5.41) is 16.7. The summed E-state index contributed by atoms with van der Waals surface area (Å²) < 4.78 is 40.5. The van der Waals surface area contributed by atoms with Crippen molar-refractivity contribution in [3.8, 4) is 5.75 Å². The second-order valence-corrected chi connectivity index (χ2v) is 8.55. The van der Waals surface area contributed by atoms with Crippen molar-refractivity contribution in [3.63, 3.8) is 0 Å². The van der Waals surface area contributed by atoms with Gasteiger partial charge in [0.15, 0.2) is 17.3 Å². The van der Waals surface area contributed by atoms with Crippen LogP contribution >= 0.6 is 0 Å². The van der Waals surface area contributed by atoms with Gasteiger partial charge in [-0.15, -0.1) is 0 Å². The lowest BCUT2D eigenvalue weighted by atomic mass is 9.79. The molecule has 3 aliphatic heterocycles. The molecule has 1 N–H and O–H groups in total. The first-order valence-electron chi connectivity index (χ1n) is 11.2. The Bertz CT molecular complexity index is 1170. The fourth-order valence-corrected chi connectivity index (χ4v) is 5.25. The molecule has 0 unspecified atom stereocenters. The largest absolute Gasteiger partial charge is 0.507 e. The van der Waals surface area contributed by atoms with Crippen molar-refractivity contribution in [2.45, 2.75) is 30.8 Å². The zero-order valence-electron chi connectivity index (χ0n) is 18.7. The Labute approximate surface area is 195 Å². The summed E-state index contributed by atoms with van der Waals surface area (Å²) in [5.74, 6) is -2.64. The molecule has 3 atom stereocenters. The van der Waals surface area contributed by atoms with E-state index >= 15 is 4.39 Å². The van der Waals surface area contributed by atoms with Crippen LogP contribution < -0.4 is 4.74 Å². The molecule has 2 fully saturated rings. The van der Waals surface area contributed by atoms with E-state index in [0.29, 0.717) is 24.3 Å². The van der Waals surface area contributed by atoms with Crippen molar-refractivity contribution < 1.29 is 28.2 Å². The fraction of sp³-hybridized carbons (Fsp3) is 0.360. The van der Waals surface area contributed by atoms with Crippen LogP contribution in [-0.4, -0.2) is 66.1 Å². The zero-order valence-corrected chi connectivity index (χ0v) is 18.7. The maximum absolute atomic E-state index is 15.3. The van der Waals surface area contributed by atoms with Crippen LogP contribution in [-0.2, 0) is 9.53 Å². The minimum absolute atomic E-state index is 0.00353. The fourth-order valence-electron chi connectivity index (χ4n) is 5.25. The van der Waals surface area contributed by atoms with Gasteiger partial charge in [-0.05, 0) is 36.6 Å². The van der Waals surface area contributed by atoms with Gasteiger partial charge in [-0.3, -0.25) is 9.80 Å². The number of hydrogen-bond donors (Lipinski definition) is 1. The highest BCUT2D eigenvalue weighted by atomic mass is 19.2. The Morgan fingerprint density at radius 3 is 2.88 bits per heavy atom. The Kier molecular flexibility index (Phi) is 5.95. The summed E-state index contributed by atoms with van der Waals surface area (Å²) in [6, 6.07) is 10.4. The van der Waals surface area contributed by atoms with Gasteiger partial charge in [0.1, 0.15) is 18.1 Å². The topological polar surface area (TPSA) is 74.6 Å². The predicted octanol–water partition coefficient (Wildman–Crippen LogP) is 3.57. The standard InChI is InChI=1S/C25H25F2N3O4/c1-33-16-6-2-5-15(13-16)21(17-7-3-8-18(26)22(17)27)23-19-9-4-11-29(19)25(32)24-20(31)14-34-12-10-28-30(23)24/h2-3,5-8,10,13,19,21,23,31H,4,9,11-12,14H2,1H3/b24-20+,28-10-/t19-,21+,23-/m1/s1. The first-order valence-corrected chi connectivity index (χ1v) is 11.2. The molecule has 0 aliphatic carbocycles. The van der Waals surface area contributed by atoms with E-state index in [4.69, 9.17) is 9.47 Å². The van der Waals surface area contributed by atoms with Crippen molar-refractivity contribution in [3.05, 3.63) is 76.7 Å². The number of piperazine rings is 1. The van der Waals surface area contributed by atoms with Crippen molar-refractivity contribution >= 4 is 12.1 Å². The smallest absolute Gasteiger partial charge is 0.275 e. The molecule has 0 bridgehead atoms. The van der Waals surface area contributed by atoms with E-state index in [1.807, 2.05) is 6.07 Å². The maximum atomic E-state index is 15.3. The highest BCUT2D eigenvalue weighted by Gasteiger charge is 2.51. The number of ether oxygens (including phenoxy) is 2. The number of nitrogens with zero attached hydrogens (tertiary/aromatic N) is 3. The van der Waals surface area contributed by atoms with Gasteiger partial charge in [-0.2, -0.15) is 5.10 Å². The number of amides is 1. The third-order valence-corrected chi connectivity index (χ3v) is 6.69. The van der Waals surface area contributed by atoms with Gasteiger partial charge in [-0.1, -0.05) is 24.3 Å². The molecular formula is C25H25F2N3O4. The molecule has 178 valence electrons. The molecule has 9 heteroatoms. The number of methoxy groups -OCH3 is 1. The monoisotopic (exact) mass is 469 g/mol. The summed E-state index contributed by atoms with van der Waals surface area (Å²) in [4.78, 5) is 15.1. The highest BCUT2D eigenvalue weighted by molar-refractivity contribution is 5.95. The van der Waals surface area contributed by atoms with Crippen LogP contribution in [0.2, 0.25) is 0 Å². The number of benzene rings is 2. The minimum Gasteiger partial charge on any atom is -0.507 e. The molecule has 3 aliphatic rings. The number of hydrogen-bond acceptors (Lipinski definition) is 6. The number of hydrazone groups is 1. The van der Waals surface area contributed by atoms with Gasteiger partial charge in [0.2, 0.25) is 0 Å². The van der Waals surface area contributed by atoms with Gasteiger partial charge in [0.05, 0.1) is 32.0 Å². The number of aliphatic hydroxyl groups excluding tert-OH is 1. The highest BCUT2D eigenvalue weighted by Crippen LogP contribution is 2.44. The number of rotatable bonds is 4. The minimum atomic E-state index is -0.955. The van der Waals surface area contributed by atoms with Crippen LogP contribution in [0, 0.1) is 11.6 Å². The second kappa shape index (κ2) is 9.06. The van der Waals surface area contributed by atoms with Gasteiger partial charge in [-0.25, -0.2) is 8.78 Å². The zero-order chi connectivity index (χ0) is 23.8. The summed E-state index contributed by atoms with van der Waals surface area (Å²) >= 11 is 0. The number of fused-ring (bicyclic) bond motifs is 2. The van der Waals surface area contributed by atoms with Crippen LogP contribution in [0.15, 0.2) is 59.0 Å². The summed E-state index contributed by atoms with van der Waals surface area (Å²) in [5.41, 5.74) is 0.831. The van der Waals surface area contributed by atoms with E-state index < -0.39 is 23.6 Å². The Balaban J connectivity index is 1.76. The molecule has 0 radical (unpaired) electrons. The molecule has 2 saturated heterocycles. The number of carbonyl (C=O) groups is 1. The normalized spacial score (nSPS) is 26.4. The summed E-state index contributed by atoms with van der Waals surface area (Å²) in [6.45, 7) is 0.500. The second-order valence-electron chi connectivity index (χ2n) is 8.55. The van der Waals surface area contributed by atoms with E-state index in [1.54, 1.807) is 29.2 Å². The molecule has 0 saturated carbocycles. The third kappa shape index (κ3) is 3.69. The van der Waals surface area contributed by atoms with E-state index in [9.17, 15) is 14.3 Å². The lowest BCUT2D eigenvalue weighted by Gasteiger charge is -2.47. The Hall–Kier alpha value is -3.46. The van der Waals surface area contributed by atoms with Crippen molar-refractivity contribution in [2.75, 3.05) is 26.9 Å². The first-order chi connectivity index (χ1) is 16.5. The SMILES string of the molecule is COc1cccc([C@@H](c2cccc(F)c2F)[C@H]2[C@H]3CCCN3C(=O)/C3=C(\O)COC/C=N\N32)c1. The van der Waals surface area contributed by atoms with Crippen LogP contribution in [0.3, 0.4) is 0 Å².